The van der Waals surface area contributed by atoms with Crippen molar-refractivity contribution < 1.29 is 4.74 Å². The minimum atomic E-state index is 0.311. The Balaban J connectivity index is 3.55. The summed E-state index contributed by atoms with van der Waals surface area (Å²) in [5.74, 6) is 0.718. The van der Waals surface area contributed by atoms with E-state index in [1.165, 1.54) is 0 Å². The number of ether oxygens (including phenoxy) is 1. The quantitative estimate of drug-likeness (QED) is 0.684. The van der Waals surface area contributed by atoms with Crippen molar-refractivity contribution in [3.8, 4) is 0 Å². The maximum atomic E-state index is 5.85. The molecular formula is C12H27NO. The third kappa shape index (κ3) is 8.52. The summed E-state index contributed by atoms with van der Waals surface area (Å²) in [5, 5.41) is 3.38. The highest BCUT2D eigenvalue weighted by molar-refractivity contribution is 4.62. The minimum Gasteiger partial charge on any atom is -0.374 e. The number of hydrogen-bond donors (Lipinski definition) is 1. The minimum absolute atomic E-state index is 0.311. The first-order valence-electron chi connectivity index (χ1n) is 5.80. The standard InChI is InChI=1S/C12H27NO/c1-9(2)7-11(5)14-12(6)8-13-10(3)4/h9-13H,7-8H2,1-6H3. The highest BCUT2D eigenvalue weighted by Crippen LogP contribution is 2.09. The molecule has 0 aromatic rings. The smallest absolute Gasteiger partial charge is 0.0675 e. The molecular weight excluding hydrogens is 174 g/mol. The second-order valence-corrected chi connectivity index (χ2v) is 4.95. The maximum Gasteiger partial charge on any atom is 0.0675 e. The lowest BCUT2D eigenvalue weighted by atomic mass is 10.1. The van der Waals surface area contributed by atoms with Gasteiger partial charge in [0.2, 0.25) is 0 Å². The molecule has 0 saturated carbocycles. The first-order chi connectivity index (χ1) is 6.41. The van der Waals surface area contributed by atoms with Gasteiger partial charge in [0.05, 0.1) is 12.2 Å². The summed E-state index contributed by atoms with van der Waals surface area (Å²) in [7, 11) is 0. The van der Waals surface area contributed by atoms with Gasteiger partial charge in [-0.05, 0) is 26.2 Å². The van der Waals surface area contributed by atoms with Crippen molar-refractivity contribution in [3.05, 3.63) is 0 Å². The number of nitrogens with one attached hydrogen (secondary N) is 1. The first-order valence-corrected chi connectivity index (χ1v) is 5.80. The van der Waals surface area contributed by atoms with Gasteiger partial charge in [-0.15, -0.1) is 0 Å². The van der Waals surface area contributed by atoms with Crippen LogP contribution in [0.5, 0.6) is 0 Å². The van der Waals surface area contributed by atoms with Crippen molar-refractivity contribution in [1.29, 1.82) is 0 Å². The zero-order chi connectivity index (χ0) is 11.1. The SMILES string of the molecule is CC(C)CC(C)OC(C)CNC(C)C. The predicted octanol–water partition coefficient (Wildman–Crippen LogP) is 2.82. The van der Waals surface area contributed by atoms with E-state index < -0.39 is 0 Å². The molecule has 0 amide bonds. The predicted molar refractivity (Wildman–Crippen MR) is 62.6 cm³/mol. The second-order valence-electron chi connectivity index (χ2n) is 4.95. The van der Waals surface area contributed by atoms with E-state index in [4.69, 9.17) is 4.74 Å². The molecule has 0 aliphatic heterocycles. The van der Waals surface area contributed by atoms with Crippen molar-refractivity contribution >= 4 is 0 Å². The van der Waals surface area contributed by atoms with E-state index >= 15 is 0 Å². The molecule has 0 aliphatic carbocycles. The Morgan fingerprint density at radius 1 is 0.929 bits per heavy atom. The summed E-state index contributed by atoms with van der Waals surface area (Å²) in [5.41, 5.74) is 0. The molecule has 0 fully saturated rings. The van der Waals surface area contributed by atoms with Gasteiger partial charge in [0.15, 0.2) is 0 Å². The molecule has 0 rings (SSSR count). The molecule has 0 saturated heterocycles. The molecule has 0 radical (unpaired) electrons. The largest absolute Gasteiger partial charge is 0.374 e. The van der Waals surface area contributed by atoms with Gasteiger partial charge in [0.25, 0.3) is 0 Å². The fourth-order valence-electron chi connectivity index (χ4n) is 1.57. The topological polar surface area (TPSA) is 21.3 Å². The van der Waals surface area contributed by atoms with E-state index in [2.05, 4.69) is 46.9 Å². The Bertz CT molecular complexity index is 134. The summed E-state index contributed by atoms with van der Waals surface area (Å²) in [6.07, 6.45) is 1.83. The number of rotatable bonds is 7. The van der Waals surface area contributed by atoms with Crippen molar-refractivity contribution in [1.82, 2.24) is 5.32 Å². The monoisotopic (exact) mass is 201 g/mol. The molecule has 0 spiro atoms. The maximum absolute atomic E-state index is 5.85. The van der Waals surface area contributed by atoms with Gasteiger partial charge in [0.1, 0.15) is 0 Å². The summed E-state index contributed by atoms with van der Waals surface area (Å²) in [4.78, 5) is 0. The summed E-state index contributed by atoms with van der Waals surface area (Å²) < 4.78 is 5.85. The lowest BCUT2D eigenvalue weighted by Crippen LogP contribution is -2.33. The molecule has 2 heteroatoms. The van der Waals surface area contributed by atoms with Gasteiger partial charge in [-0.2, -0.15) is 0 Å². The first kappa shape index (κ1) is 13.9. The fourth-order valence-corrected chi connectivity index (χ4v) is 1.57. The van der Waals surface area contributed by atoms with Crippen molar-refractivity contribution in [3.63, 3.8) is 0 Å². The lowest BCUT2D eigenvalue weighted by molar-refractivity contribution is -0.00183. The van der Waals surface area contributed by atoms with Crippen molar-refractivity contribution in [2.75, 3.05) is 6.54 Å². The van der Waals surface area contributed by atoms with E-state index in [1.807, 2.05) is 0 Å². The molecule has 0 bridgehead atoms. The van der Waals surface area contributed by atoms with Crippen LogP contribution in [0.3, 0.4) is 0 Å². The van der Waals surface area contributed by atoms with Crippen LogP contribution >= 0.6 is 0 Å². The molecule has 0 heterocycles. The van der Waals surface area contributed by atoms with Crippen LogP contribution in [0.4, 0.5) is 0 Å². The summed E-state index contributed by atoms with van der Waals surface area (Å²) >= 11 is 0. The van der Waals surface area contributed by atoms with Crippen LogP contribution in [0.1, 0.15) is 48.0 Å². The van der Waals surface area contributed by atoms with E-state index in [9.17, 15) is 0 Å². The fraction of sp³-hybridized carbons (Fsp3) is 1.00. The van der Waals surface area contributed by atoms with Gasteiger partial charge in [-0.1, -0.05) is 27.7 Å². The molecule has 0 aliphatic rings. The van der Waals surface area contributed by atoms with Crippen LogP contribution in [0.15, 0.2) is 0 Å². The second kappa shape index (κ2) is 7.24. The van der Waals surface area contributed by atoms with Crippen molar-refractivity contribution in [2.45, 2.75) is 66.2 Å². The molecule has 86 valence electrons. The Hall–Kier alpha value is -0.0800. The third-order valence-corrected chi connectivity index (χ3v) is 2.08. The van der Waals surface area contributed by atoms with E-state index in [0.29, 0.717) is 18.2 Å². The highest BCUT2D eigenvalue weighted by Gasteiger charge is 2.10. The highest BCUT2D eigenvalue weighted by atomic mass is 16.5. The van der Waals surface area contributed by atoms with E-state index in [0.717, 1.165) is 18.9 Å². The summed E-state index contributed by atoms with van der Waals surface area (Å²) in [6, 6.07) is 0.543. The normalized spacial score (nSPS) is 16.3. The van der Waals surface area contributed by atoms with Crippen molar-refractivity contribution in [2.24, 2.45) is 5.92 Å². The Labute approximate surface area is 89.4 Å². The van der Waals surface area contributed by atoms with Gasteiger partial charge in [0, 0.05) is 12.6 Å². The summed E-state index contributed by atoms with van der Waals surface area (Å²) in [6.45, 7) is 14.0. The zero-order valence-electron chi connectivity index (χ0n) is 10.6. The van der Waals surface area contributed by atoms with Crippen LogP contribution in [0.25, 0.3) is 0 Å². The number of hydrogen-bond acceptors (Lipinski definition) is 2. The molecule has 0 aromatic carbocycles. The Morgan fingerprint density at radius 3 is 1.93 bits per heavy atom. The molecule has 2 nitrogen and oxygen atoms in total. The van der Waals surface area contributed by atoms with Gasteiger partial charge in [-0.25, -0.2) is 0 Å². The van der Waals surface area contributed by atoms with Crippen LogP contribution in [-0.2, 0) is 4.74 Å². The van der Waals surface area contributed by atoms with Gasteiger partial charge < -0.3 is 10.1 Å². The van der Waals surface area contributed by atoms with E-state index in [1.54, 1.807) is 0 Å². The molecule has 2 unspecified atom stereocenters. The zero-order valence-corrected chi connectivity index (χ0v) is 10.6. The van der Waals surface area contributed by atoms with Gasteiger partial charge in [-0.3, -0.25) is 0 Å². The molecule has 14 heavy (non-hydrogen) atoms. The van der Waals surface area contributed by atoms with Crippen LogP contribution in [-0.4, -0.2) is 24.8 Å². The van der Waals surface area contributed by atoms with Crippen LogP contribution in [0, 0.1) is 5.92 Å². The van der Waals surface area contributed by atoms with Crippen LogP contribution < -0.4 is 5.32 Å². The molecule has 0 aromatic heterocycles. The molecule has 2 atom stereocenters. The Kier molecular flexibility index (Phi) is 7.20. The van der Waals surface area contributed by atoms with Crippen LogP contribution in [0.2, 0.25) is 0 Å². The van der Waals surface area contributed by atoms with E-state index in [-0.39, 0.29) is 0 Å². The van der Waals surface area contributed by atoms with Gasteiger partial charge >= 0.3 is 0 Å². The third-order valence-electron chi connectivity index (χ3n) is 2.08. The average Bonchev–Trinajstić information content (AvgIpc) is 1.98. The lowest BCUT2D eigenvalue weighted by Gasteiger charge is -2.21. The Morgan fingerprint density at radius 2 is 1.50 bits per heavy atom. The average molecular weight is 201 g/mol. The molecule has 1 N–H and O–H groups in total.